The molecule has 3 N–H and O–H groups in total. The molecule has 88 valence electrons. The smallest absolute Gasteiger partial charge is 0.325 e. The standard InChI is InChI=1S/C10H11FINO3/c11-3-4-16-8-2-1-6(5-7(8)12)9(13)10(14)15/h1-2,5,9H,3-4,13H2,(H,14,15). The molecule has 0 spiro atoms. The van der Waals surface area contributed by atoms with Gasteiger partial charge in [-0.2, -0.15) is 0 Å². The molecule has 1 aromatic rings. The third kappa shape index (κ3) is 3.31. The van der Waals surface area contributed by atoms with Gasteiger partial charge in [0.05, 0.1) is 3.57 Å². The van der Waals surface area contributed by atoms with Crippen molar-refractivity contribution in [2.24, 2.45) is 5.73 Å². The van der Waals surface area contributed by atoms with Crippen molar-refractivity contribution in [2.45, 2.75) is 6.04 Å². The molecule has 0 aliphatic rings. The second kappa shape index (κ2) is 6.00. The minimum atomic E-state index is -1.09. The number of rotatable bonds is 5. The monoisotopic (exact) mass is 339 g/mol. The molecule has 0 saturated carbocycles. The molecule has 6 heteroatoms. The van der Waals surface area contributed by atoms with Crippen LogP contribution in [-0.2, 0) is 4.79 Å². The molecule has 0 amide bonds. The number of benzene rings is 1. The summed E-state index contributed by atoms with van der Waals surface area (Å²) in [6, 6.07) is 3.72. The fraction of sp³-hybridized carbons (Fsp3) is 0.300. The van der Waals surface area contributed by atoms with E-state index in [-0.39, 0.29) is 6.61 Å². The molecule has 1 unspecified atom stereocenters. The first kappa shape index (κ1) is 13.2. The van der Waals surface area contributed by atoms with Crippen LogP contribution < -0.4 is 10.5 Å². The highest BCUT2D eigenvalue weighted by Crippen LogP contribution is 2.24. The summed E-state index contributed by atoms with van der Waals surface area (Å²) in [6.45, 7) is -0.577. The Morgan fingerprint density at radius 3 is 2.81 bits per heavy atom. The van der Waals surface area contributed by atoms with Crippen molar-refractivity contribution >= 4 is 28.6 Å². The van der Waals surface area contributed by atoms with E-state index in [1.54, 1.807) is 18.2 Å². The Balaban J connectivity index is 2.86. The summed E-state index contributed by atoms with van der Waals surface area (Å²) in [6.07, 6.45) is 0. The number of aliphatic carboxylic acids is 1. The minimum absolute atomic E-state index is 0.0136. The number of carbonyl (C=O) groups is 1. The number of halogens is 2. The summed E-state index contributed by atoms with van der Waals surface area (Å²) < 4.78 is 17.7. The van der Waals surface area contributed by atoms with Gasteiger partial charge in [-0.25, -0.2) is 4.39 Å². The third-order valence-electron chi connectivity index (χ3n) is 1.92. The Kier molecular flexibility index (Phi) is 4.94. The van der Waals surface area contributed by atoms with Crippen LogP contribution in [0, 0.1) is 3.57 Å². The summed E-state index contributed by atoms with van der Waals surface area (Å²) in [7, 11) is 0. The quantitative estimate of drug-likeness (QED) is 0.802. The zero-order valence-electron chi connectivity index (χ0n) is 8.32. The summed E-state index contributed by atoms with van der Waals surface area (Å²) in [5, 5.41) is 8.73. The van der Waals surface area contributed by atoms with E-state index in [0.29, 0.717) is 14.9 Å². The first-order valence-electron chi connectivity index (χ1n) is 4.53. The number of carboxylic acid groups (broad SMARTS) is 1. The molecule has 1 rings (SSSR count). The molecule has 0 radical (unpaired) electrons. The summed E-state index contributed by atoms with van der Waals surface area (Å²) in [5.74, 6) is -0.562. The fourth-order valence-corrected chi connectivity index (χ4v) is 1.81. The van der Waals surface area contributed by atoms with E-state index < -0.39 is 18.7 Å². The van der Waals surface area contributed by atoms with Gasteiger partial charge in [-0.05, 0) is 40.3 Å². The topological polar surface area (TPSA) is 72.6 Å². The summed E-state index contributed by atoms with van der Waals surface area (Å²) in [4.78, 5) is 10.7. The van der Waals surface area contributed by atoms with Crippen LogP contribution in [0.4, 0.5) is 4.39 Å². The second-order valence-electron chi connectivity index (χ2n) is 3.04. The molecule has 1 atom stereocenters. The van der Waals surface area contributed by atoms with Gasteiger partial charge in [-0.15, -0.1) is 0 Å². The second-order valence-corrected chi connectivity index (χ2v) is 4.21. The molecule has 0 saturated heterocycles. The zero-order valence-corrected chi connectivity index (χ0v) is 10.5. The van der Waals surface area contributed by atoms with Gasteiger partial charge in [0.1, 0.15) is 25.1 Å². The first-order chi connectivity index (χ1) is 7.56. The van der Waals surface area contributed by atoms with E-state index in [0.717, 1.165) is 0 Å². The van der Waals surface area contributed by atoms with E-state index >= 15 is 0 Å². The fourth-order valence-electron chi connectivity index (χ4n) is 1.12. The van der Waals surface area contributed by atoms with Crippen molar-refractivity contribution < 1.29 is 19.0 Å². The molecule has 0 bridgehead atoms. The highest BCUT2D eigenvalue weighted by Gasteiger charge is 2.15. The molecular weight excluding hydrogens is 328 g/mol. The van der Waals surface area contributed by atoms with Gasteiger partial charge >= 0.3 is 5.97 Å². The van der Waals surface area contributed by atoms with Gasteiger partial charge in [0.15, 0.2) is 0 Å². The van der Waals surface area contributed by atoms with Crippen LogP contribution in [0.3, 0.4) is 0 Å². The lowest BCUT2D eigenvalue weighted by molar-refractivity contribution is -0.138. The number of nitrogens with two attached hydrogens (primary N) is 1. The molecule has 0 fully saturated rings. The average molecular weight is 339 g/mol. The normalized spacial score (nSPS) is 12.2. The molecule has 1 aromatic carbocycles. The molecule has 0 aromatic heterocycles. The van der Waals surface area contributed by atoms with E-state index in [4.69, 9.17) is 15.6 Å². The Bertz CT molecular complexity index is 386. The minimum Gasteiger partial charge on any atom is -0.490 e. The van der Waals surface area contributed by atoms with Crippen LogP contribution in [0.25, 0.3) is 0 Å². The largest absolute Gasteiger partial charge is 0.490 e. The number of carboxylic acids is 1. The lowest BCUT2D eigenvalue weighted by Crippen LogP contribution is -2.20. The number of hydrogen-bond donors (Lipinski definition) is 2. The molecule has 16 heavy (non-hydrogen) atoms. The van der Waals surface area contributed by atoms with E-state index in [1.807, 2.05) is 22.6 Å². The first-order valence-corrected chi connectivity index (χ1v) is 5.60. The van der Waals surface area contributed by atoms with Crippen LogP contribution >= 0.6 is 22.6 Å². The van der Waals surface area contributed by atoms with Crippen molar-refractivity contribution in [3.05, 3.63) is 27.3 Å². The number of hydrogen-bond acceptors (Lipinski definition) is 3. The summed E-state index contributed by atoms with van der Waals surface area (Å²) >= 11 is 1.99. The SMILES string of the molecule is NC(C(=O)O)c1ccc(OCCF)c(I)c1. The van der Waals surface area contributed by atoms with Crippen LogP contribution in [0.5, 0.6) is 5.75 Å². The molecule has 0 aliphatic heterocycles. The van der Waals surface area contributed by atoms with Gasteiger partial charge in [0.25, 0.3) is 0 Å². The molecular formula is C10H11FINO3. The van der Waals surface area contributed by atoms with Crippen molar-refractivity contribution in [2.75, 3.05) is 13.3 Å². The highest BCUT2D eigenvalue weighted by molar-refractivity contribution is 14.1. The average Bonchev–Trinajstić information content (AvgIpc) is 2.26. The Morgan fingerprint density at radius 1 is 1.62 bits per heavy atom. The van der Waals surface area contributed by atoms with Crippen molar-refractivity contribution in [1.29, 1.82) is 0 Å². The molecule has 4 nitrogen and oxygen atoms in total. The Hall–Kier alpha value is -0.890. The zero-order chi connectivity index (χ0) is 12.1. The van der Waals surface area contributed by atoms with Gasteiger partial charge in [-0.1, -0.05) is 6.07 Å². The van der Waals surface area contributed by atoms with Crippen LogP contribution in [-0.4, -0.2) is 24.4 Å². The van der Waals surface area contributed by atoms with Gasteiger partial charge in [0, 0.05) is 0 Å². The molecule has 0 heterocycles. The Morgan fingerprint density at radius 2 is 2.31 bits per heavy atom. The van der Waals surface area contributed by atoms with Gasteiger partial charge in [-0.3, -0.25) is 4.79 Å². The van der Waals surface area contributed by atoms with Crippen molar-refractivity contribution in [1.82, 2.24) is 0 Å². The van der Waals surface area contributed by atoms with E-state index in [1.165, 1.54) is 0 Å². The molecule has 0 aliphatic carbocycles. The third-order valence-corrected chi connectivity index (χ3v) is 2.76. The number of ether oxygens (including phenoxy) is 1. The van der Waals surface area contributed by atoms with E-state index in [2.05, 4.69) is 0 Å². The lowest BCUT2D eigenvalue weighted by Gasteiger charge is -2.10. The maximum Gasteiger partial charge on any atom is 0.325 e. The predicted molar refractivity (Wildman–Crippen MR) is 65.2 cm³/mol. The van der Waals surface area contributed by atoms with Crippen LogP contribution in [0.2, 0.25) is 0 Å². The highest BCUT2D eigenvalue weighted by atomic mass is 127. The van der Waals surface area contributed by atoms with Crippen LogP contribution in [0.15, 0.2) is 18.2 Å². The Labute approximate surface area is 106 Å². The maximum absolute atomic E-state index is 11.9. The predicted octanol–water partition coefficient (Wildman–Crippen LogP) is 1.72. The van der Waals surface area contributed by atoms with Gasteiger partial charge in [0.2, 0.25) is 0 Å². The number of alkyl halides is 1. The van der Waals surface area contributed by atoms with Crippen molar-refractivity contribution in [3.8, 4) is 5.75 Å². The van der Waals surface area contributed by atoms with Gasteiger partial charge < -0.3 is 15.6 Å². The van der Waals surface area contributed by atoms with Crippen LogP contribution in [0.1, 0.15) is 11.6 Å². The summed E-state index contributed by atoms with van der Waals surface area (Å²) in [5.41, 5.74) is 5.94. The van der Waals surface area contributed by atoms with E-state index in [9.17, 15) is 9.18 Å². The maximum atomic E-state index is 11.9. The lowest BCUT2D eigenvalue weighted by atomic mass is 10.1. The van der Waals surface area contributed by atoms with Crippen molar-refractivity contribution in [3.63, 3.8) is 0 Å².